The number of piperazine rings is 1. The molecule has 7 nitrogen and oxygen atoms in total. The van der Waals surface area contributed by atoms with Gasteiger partial charge >= 0.3 is 6.09 Å². The summed E-state index contributed by atoms with van der Waals surface area (Å²) in [5.74, 6) is 1.60. The Morgan fingerprint density at radius 2 is 2.00 bits per heavy atom. The van der Waals surface area contributed by atoms with Gasteiger partial charge in [0.1, 0.15) is 17.5 Å². The zero-order chi connectivity index (χ0) is 21.6. The van der Waals surface area contributed by atoms with Crippen LogP contribution in [0.5, 0.6) is 0 Å². The minimum absolute atomic E-state index is 0.0258. The lowest BCUT2D eigenvalue weighted by Crippen LogP contribution is -2.58. The Morgan fingerprint density at radius 3 is 2.60 bits per heavy atom. The third-order valence-electron chi connectivity index (χ3n) is 6.20. The first-order valence-corrected chi connectivity index (χ1v) is 11.0. The SMILES string of the molecule is COCc1cc2c(nc1C(OC)C1CC1)N1[C@H](C2)CN(C(=O)OC(C)(C)C)C[C@H]1C. The Kier molecular flexibility index (Phi) is 5.70. The van der Waals surface area contributed by atoms with Crippen LogP contribution in [0.3, 0.4) is 0 Å². The van der Waals surface area contributed by atoms with Crippen molar-refractivity contribution in [3.63, 3.8) is 0 Å². The lowest BCUT2D eigenvalue weighted by molar-refractivity contribution is 0.0191. The van der Waals surface area contributed by atoms with Gasteiger partial charge in [0, 0.05) is 38.9 Å². The number of nitrogens with zero attached hydrogens (tertiary/aromatic N) is 3. The zero-order valence-corrected chi connectivity index (χ0v) is 19.1. The standard InChI is InChI=1S/C23H35N3O4/c1-14-11-25(22(27)30-23(2,3)4)12-18-10-16-9-17(13-28-5)19(24-21(16)26(14)18)20(29-6)15-7-8-15/h9,14-15,18,20H,7-8,10-13H2,1-6H3/t14-,18-,20?/m1/s1. The van der Waals surface area contributed by atoms with Crippen LogP contribution in [0.25, 0.3) is 0 Å². The minimum Gasteiger partial charge on any atom is -0.444 e. The summed E-state index contributed by atoms with van der Waals surface area (Å²) in [6.07, 6.45) is 3.06. The molecule has 0 N–H and O–H groups in total. The number of rotatable bonds is 5. The molecule has 7 heteroatoms. The number of carbonyl (C=O) groups excluding carboxylic acids is 1. The highest BCUT2D eigenvalue weighted by atomic mass is 16.6. The molecule has 1 unspecified atom stereocenters. The molecule has 2 fully saturated rings. The monoisotopic (exact) mass is 417 g/mol. The molecule has 1 aliphatic carbocycles. The van der Waals surface area contributed by atoms with Crippen LogP contribution in [0.15, 0.2) is 6.07 Å². The van der Waals surface area contributed by atoms with Gasteiger partial charge in [-0.1, -0.05) is 0 Å². The van der Waals surface area contributed by atoms with E-state index in [0.717, 1.165) is 23.5 Å². The van der Waals surface area contributed by atoms with Crippen molar-refractivity contribution in [1.29, 1.82) is 0 Å². The summed E-state index contributed by atoms with van der Waals surface area (Å²) in [4.78, 5) is 22.1. The molecule has 30 heavy (non-hydrogen) atoms. The predicted molar refractivity (Wildman–Crippen MR) is 115 cm³/mol. The summed E-state index contributed by atoms with van der Waals surface area (Å²) in [5, 5.41) is 0. The Hall–Kier alpha value is -1.86. The number of ether oxygens (including phenoxy) is 3. The average molecular weight is 418 g/mol. The number of carbonyl (C=O) groups is 1. The number of aromatic nitrogens is 1. The summed E-state index contributed by atoms with van der Waals surface area (Å²) >= 11 is 0. The predicted octanol–water partition coefficient (Wildman–Crippen LogP) is 3.70. The number of amides is 1. The van der Waals surface area contributed by atoms with Gasteiger partial charge in [0.05, 0.1) is 18.3 Å². The number of pyridine rings is 1. The fourth-order valence-corrected chi connectivity index (χ4v) is 4.88. The van der Waals surface area contributed by atoms with E-state index < -0.39 is 5.60 Å². The van der Waals surface area contributed by atoms with Crippen LogP contribution < -0.4 is 4.90 Å². The van der Waals surface area contributed by atoms with Crippen molar-refractivity contribution in [2.75, 3.05) is 32.2 Å². The van der Waals surface area contributed by atoms with Gasteiger partial charge in [0.15, 0.2) is 0 Å². The molecule has 1 aromatic rings. The van der Waals surface area contributed by atoms with Gasteiger partial charge in [-0.15, -0.1) is 0 Å². The maximum Gasteiger partial charge on any atom is 0.410 e. The van der Waals surface area contributed by atoms with Crippen molar-refractivity contribution in [3.8, 4) is 0 Å². The quantitative estimate of drug-likeness (QED) is 0.728. The van der Waals surface area contributed by atoms with Crippen LogP contribution in [0.4, 0.5) is 10.6 Å². The third kappa shape index (κ3) is 4.14. The van der Waals surface area contributed by atoms with Crippen LogP contribution in [0.1, 0.15) is 63.5 Å². The van der Waals surface area contributed by atoms with Gasteiger partial charge in [0.2, 0.25) is 0 Å². The highest BCUT2D eigenvalue weighted by Crippen LogP contribution is 2.45. The summed E-state index contributed by atoms with van der Waals surface area (Å²) in [5.41, 5.74) is 2.88. The molecular weight excluding hydrogens is 382 g/mol. The fourth-order valence-electron chi connectivity index (χ4n) is 4.88. The first kappa shape index (κ1) is 21.4. The van der Waals surface area contributed by atoms with Crippen molar-refractivity contribution in [2.45, 2.75) is 77.4 Å². The second-order valence-electron chi connectivity index (χ2n) is 9.94. The molecule has 0 bridgehead atoms. The fraction of sp³-hybridized carbons (Fsp3) is 0.739. The second kappa shape index (κ2) is 8.00. The van der Waals surface area contributed by atoms with E-state index >= 15 is 0 Å². The van der Waals surface area contributed by atoms with Gasteiger partial charge in [-0.25, -0.2) is 9.78 Å². The van der Waals surface area contributed by atoms with Crippen molar-refractivity contribution in [3.05, 3.63) is 22.9 Å². The lowest BCUT2D eigenvalue weighted by atomic mass is 10.0. The normalized spacial score (nSPS) is 24.5. The van der Waals surface area contributed by atoms with E-state index in [4.69, 9.17) is 19.2 Å². The minimum atomic E-state index is -0.487. The van der Waals surface area contributed by atoms with E-state index in [1.807, 2.05) is 25.7 Å². The number of anilines is 1. The molecule has 0 spiro atoms. The summed E-state index contributed by atoms with van der Waals surface area (Å²) in [6, 6.07) is 2.64. The molecule has 1 amide bonds. The summed E-state index contributed by atoms with van der Waals surface area (Å²) in [6.45, 7) is 9.71. The summed E-state index contributed by atoms with van der Waals surface area (Å²) < 4.78 is 17.0. The van der Waals surface area contributed by atoms with Crippen LogP contribution >= 0.6 is 0 Å². The van der Waals surface area contributed by atoms with Crippen molar-refractivity contribution in [2.24, 2.45) is 5.92 Å². The topological polar surface area (TPSA) is 64.1 Å². The average Bonchev–Trinajstić information content (AvgIpc) is 3.41. The maximum atomic E-state index is 12.7. The van der Waals surface area contributed by atoms with Crippen molar-refractivity contribution in [1.82, 2.24) is 9.88 Å². The highest BCUT2D eigenvalue weighted by Gasteiger charge is 2.43. The highest BCUT2D eigenvalue weighted by molar-refractivity contribution is 5.69. The molecule has 3 atom stereocenters. The zero-order valence-electron chi connectivity index (χ0n) is 19.1. The Labute approximate surface area is 179 Å². The third-order valence-corrected chi connectivity index (χ3v) is 6.20. The number of methoxy groups -OCH3 is 2. The maximum absolute atomic E-state index is 12.7. The van der Waals surface area contributed by atoms with Crippen molar-refractivity contribution >= 4 is 11.9 Å². The number of hydrogen-bond acceptors (Lipinski definition) is 6. The van der Waals surface area contributed by atoms with Gasteiger partial charge in [0.25, 0.3) is 0 Å². The molecule has 2 aliphatic heterocycles. The molecule has 0 aromatic carbocycles. The van der Waals surface area contributed by atoms with Gasteiger partial charge in [-0.2, -0.15) is 0 Å². The first-order chi connectivity index (χ1) is 14.2. The van der Waals surface area contributed by atoms with Crippen LogP contribution in [-0.4, -0.2) is 61.0 Å². The lowest BCUT2D eigenvalue weighted by Gasteiger charge is -2.43. The largest absolute Gasteiger partial charge is 0.444 e. The Balaban J connectivity index is 1.60. The Bertz CT molecular complexity index is 802. The number of hydrogen-bond donors (Lipinski definition) is 0. The van der Waals surface area contributed by atoms with E-state index in [2.05, 4.69) is 17.9 Å². The molecule has 0 radical (unpaired) electrons. The van der Waals surface area contributed by atoms with Gasteiger partial charge in [-0.05, 0) is 64.5 Å². The van der Waals surface area contributed by atoms with E-state index in [9.17, 15) is 4.79 Å². The van der Waals surface area contributed by atoms with Crippen LogP contribution in [0, 0.1) is 5.92 Å². The molecule has 1 aromatic heterocycles. The van der Waals surface area contributed by atoms with Gasteiger partial charge < -0.3 is 24.0 Å². The van der Waals surface area contributed by atoms with E-state index in [-0.39, 0.29) is 24.3 Å². The van der Waals surface area contributed by atoms with Crippen molar-refractivity contribution < 1.29 is 19.0 Å². The second-order valence-corrected chi connectivity index (χ2v) is 9.94. The molecule has 166 valence electrons. The molecule has 3 heterocycles. The first-order valence-electron chi connectivity index (χ1n) is 11.0. The van der Waals surface area contributed by atoms with Crippen LogP contribution in [-0.2, 0) is 27.2 Å². The smallest absolute Gasteiger partial charge is 0.410 e. The summed E-state index contributed by atoms with van der Waals surface area (Å²) in [7, 11) is 3.50. The molecule has 4 rings (SSSR count). The number of fused-ring (bicyclic) bond motifs is 3. The molecule has 1 saturated heterocycles. The van der Waals surface area contributed by atoms with E-state index in [0.29, 0.717) is 25.6 Å². The molecule has 3 aliphatic rings. The van der Waals surface area contributed by atoms with E-state index in [1.165, 1.54) is 18.4 Å². The van der Waals surface area contributed by atoms with Gasteiger partial charge in [-0.3, -0.25) is 0 Å². The van der Waals surface area contributed by atoms with E-state index in [1.54, 1.807) is 14.2 Å². The molecular formula is C23H35N3O4. The van der Waals surface area contributed by atoms with Crippen LogP contribution in [0.2, 0.25) is 0 Å². The molecule has 1 saturated carbocycles. The Morgan fingerprint density at radius 1 is 1.27 bits per heavy atom.